The molecule has 0 radical (unpaired) electrons. The summed E-state index contributed by atoms with van der Waals surface area (Å²) in [7, 11) is -5.03. The lowest BCUT2D eigenvalue weighted by Gasteiger charge is -2.08. The molecule has 0 aliphatic carbocycles. The van der Waals surface area contributed by atoms with Crippen LogP contribution in [0.25, 0.3) is 11.0 Å². The average Bonchev–Trinajstić information content (AvgIpc) is 2.79. The Morgan fingerprint density at radius 1 is 1.21 bits per heavy atom. The van der Waals surface area contributed by atoms with Gasteiger partial charge in [0.25, 0.3) is 11.2 Å². The van der Waals surface area contributed by atoms with Gasteiger partial charge in [-0.3, -0.25) is 10.1 Å². The molecule has 0 N–H and O–H groups in total. The van der Waals surface area contributed by atoms with E-state index in [2.05, 4.69) is 10.1 Å². The number of aromatic nitrogens is 3. The Labute approximate surface area is 153 Å². The summed E-state index contributed by atoms with van der Waals surface area (Å²) in [5, 5.41) is 14.0. The highest BCUT2D eigenvalue weighted by Crippen LogP contribution is 2.36. The number of aryl methyl sites for hydroxylation is 1. The Morgan fingerprint density at radius 3 is 2.03 bits per heavy atom. The van der Waals surface area contributed by atoms with Crippen molar-refractivity contribution in [2.24, 2.45) is 7.05 Å². The molecule has 0 atom stereocenters. The van der Waals surface area contributed by atoms with E-state index in [9.17, 15) is 45.2 Å². The number of hydrogen-bond acceptors (Lipinski definition) is 7. The minimum absolute atomic E-state index is 0.113. The third kappa shape index (κ3) is 5.82. The fraction of sp³-hybridized carbons (Fsp3) is 0.400. The maximum Gasteiger partial charge on any atom is 0.485 e. The molecule has 0 amide bonds. The molecule has 0 aliphatic heterocycles. The number of rotatable bonds is 3. The molecular formula is C10H6F8N4O6S. The van der Waals surface area contributed by atoms with Crippen LogP contribution in [0.2, 0.25) is 0 Å². The van der Waals surface area contributed by atoms with Crippen LogP contribution in [0, 0.1) is 10.1 Å². The van der Waals surface area contributed by atoms with Crippen molar-refractivity contribution < 1.29 is 62.5 Å². The molecule has 0 unspecified atom stereocenters. The van der Waals surface area contributed by atoms with Gasteiger partial charge in [-0.2, -0.15) is 35.1 Å². The van der Waals surface area contributed by atoms with Gasteiger partial charge < -0.3 is 4.55 Å². The molecule has 1 aromatic carbocycles. The number of alkyl halides is 8. The van der Waals surface area contributed by atoms with Crippen molar-refractivity contribution in [3.63, 3.8) is 0 Å². The second-order valence-electron chi connectivity index (χ2n) is 4.77. The van der Waals surface area contributed by atoms with Gasteiger partial charge in [-0.15, -0.1) is 4.68 Å². The van der Waals surface area contributed by atoms with Crippen LogP contribution in [0.5, 0.6) is 0 Å². The molecule has 0 aliphatic rings. The number of non-ortho nitro benzene ring substituents is 1. The smallest absolute Gasteiger partial charge is 0.485 e. The van der Waals surface area contributed by atoms with Crippen molar-refractivity contribution in [3.8, 4) is 0 Å². The van der Waals surface area contributed by atoms with Gasteiger partial charge in [0.2, 0.25) is 5.52 Å². The van der Waals surface area contributed by atoms with Crippen molar-refractivity contribution in [3.05, 3.63) is 27.8 Å². The summed E-state index contributed by atoms with van der Waals surface area (Å²) >= 11 is 0. The zero-order valence-electron chi connectivity index (χ0n) is 13.4. The van der Waals surface area contributed by atoms with E-state index in [1.807, 2.05) is 0 Å². The molecule has 1 aromatic heterocycles. The summed E-state index contributed by atoms with van der Waals surface area (Å²) in [5.41, 5.74) is -9.16. The second kappa shape index (κ2) is 7.89. The highest BCUT2D eigenvalue weighted by atomic mass is 32.2. The summed E-state index contributed by atoms with van der Waals surface area (Å²) in [6.07, 6.45) is -4.93. The predicted molar refractivity (Wildman–Crippen MR) is 70.9 cm³/mol. The van der Waals surface area contributed by atoms with E-state index in [1.165, 1.54) is 0 Å². The number of nitro benzene ring substituents is 1. The molecule has 0 spiro atoms. The van der Waals surface area contributed by atoms with Crippen LogP contribution in [0.3, 0.4) is 0 Å². The third-order valence-electron chi connectivity index (χ3n) is 2.80. The SMILES string of the molecule is C[n+]1nn(OC(F)F)c2cc([N+](=O)[O-])cc(C(F)(F)F)c21.O=S(=O)([O-])C(F)(F)F. The van der Waals surface area contributed by atoms with Crippen LogP contribution in [0.1, 0.15) is 5.56 Å². The monoisotopic (exact) mass is 462 g/mol. The summed E-state index contributed by atoms with van der Waals surface area (Å²) in [5.74, 6) is 0. The molecule has 1 heterocycles. The van der Waals surface area contributed by atoms with E-state index >= 15 is 0 Å². The van der Waals surface area contributed by atoms with Gasteiger partial charge in [0, 0.05) is 6.07 Å². The second-order valence-corrected chi connectivity index (χ2v) is 6.14. The topological polar surface area (TPSA) is 131 Å². The van der Waals surface area contributed by atoms with E-state index < -0.39 is 55.6 Å². The van der Waals surface area contributed by atoms with Gasteiger partial charge >= 0.3 is 18.3 Å². The molecule has 19 heteroatoms. The lowest BCUT2D eigenvalue weighted by atomic mass is 10.1. The Bertz CT molecular complexity index is 1020. The predicted octanol–water partition coefficient (Wildman–Crippen LogP) is 1.49. The van der Waals surface area contributed by atoms with E-state index in [0.29, 0.717) is 16.8 Å². The Balaban J connectivity index is 0.000000447. The largest absolute Gasteiger partial charge is 0.741 e. The molecule has 0 saturated carbocycles. The van der Waals surface area contributed by atoms with E-state index in [-0.39, 0.29) is 4.85 Å². The summed E-state index contributed by atoms with van der Waals surface area (Å²) in [4.78, 5) is 13.6. The molecule has 29 heavy (non-hydrogen) atoms. The Kier molecular flexibility index (Phi) is 6.59. The molecule has 164 valence electrons. The van der Waals surface area contributed by atoms with Crippen LogP contribution < -0.4 is 9.52 Å². The van der Waals surface area contributed by atoms with E-state index in [1.54, 1.807) is 0 Å². The Hall–Kier alpha value is -2.83. The van der Waals surface area contributed by atoms with Crippen LogP contribution in [0.4, 0.5) is 40.8 Å². The maximum atomic E-state index is 13.0. The van der Waals surface area contributed by atoms with Crippen LogP contribution >= 0.6 is 0 Å². The van der Waals surface area contributed by atoms with Gasteiger partial charge in [-0.25, -0.2) is 13.3 Å². The summed E-state index contributed by atoms with van der Waals surface area (Å²) < 4.78 is 123. The lowest BCUT2D eigenvalue weighted by Crippen LogP contribution is -2.34. The van der Waals surface area contributed by atoms with E-state index in [0.717, 1.165) is 7.05 Å². The molecule has 0 saturated heterocycles. The average molecular weight is 462 g/mol. The summed E-state index contributed by atoms with van der Waals surface area (Å²) in [6, 6.07) is 0.969. The number of halogens is 8. The first-order valence-corrected chi connectivity index (χ1v) is 7.89. The first-order chi connectivity index (χ1) is 12.9. The molecule has 0 bridgehead atoms. The number of benzene rings is 1. The minimum atomic E-state index is -6.09. The number of nitrogens with zero attached hydrogens (tertiary/aromatic N) is 4. The highest BCUT2D eigenvalue weighted by Gasteiger charge is 2.40. The van der Waals surface area contributed by atoms with Gasteiger partial charge in [-0.05, 0) is 0 Å². The van der Waals surface area contributed by atoms with Crippen LogP contribution in [-0.4, -0.2) is 40.1 Å². The molecule has 0 fully saturated rings. The molecular weight excluding hydrogens is 456 g/mol. The standard InChI is InChI=1S/C9H6F5N4O3.CHF3O3S/c1-16-7-5(9(12,13)14)2-4(18(19)20)3-6(7)17(15-16)21-8(10)11;2-1(3,4)8(5,6)7/h2-3,8H,1H3;(H,5,6,7)/q+1;/p-1. The molecule has 2 aromatic rings. The van der Waals surface area contributed by atoms with Crippen molar-refractivity contribution in [1.82, 2.24) is 10.1 Å². The maximum absolute atomic E-state index is 13.0. The van der Waals surface area contributed by atoms with Crippen molar-refractivity contribution in [1.29, 1.82) is 0 Å². The quantitative estimate of drug-likeness (QED) is 0.169. The van der Waals surface area contributed by atoms with Crippen LogP contribution in [0.15, 0.2) is 12.1 Å². The Morgan fingerprint density at radius 2 is 1.69 bits per heavy atom. The minimum Gasteiger partial charge on any atom is -0.741 e. The fourth-order valence-electron chi connectivity index (χ4n) is 1.78. The van der Waals surface area contributed by atoms with E-state index in [4.69, 9.17) is 13.0 Å². The number of hydrogen-bond donors (Lipinski definition) is 0. The normalized spacial score (nSPS) is 12.7. The lowest BCUT2D eigenvalue weighted by molar-refractivity contribution is -0.712. The van der Waals surface area contributed by atoms with Crippen molar-refractivity contribution >= 4 is 26.8 Å². The molecule has 10 nitrogen and oxygen atoms in total. The van der Waals surface area contributed by atoms with Crippen LogP contribution in [-0.2, 0) is 23.3 Å². The van der Waals surface area contributed by atoms with Gasteiger partial charge in [0.1, 0.15) is 17.8 Å². The van der Waals surface area contributed by atoms with Gasteiger partial charge in [0.15, 0.2) is 10.1 Å². The molecule has 2 rings (SSSR count). The third-order valence-corrected chi connectivity index (χ3v) is 3.37. The zero-order chi connectivity index (χ0) is 22.9. The van der Waals surface area contributed by atoms with Gasteiger partial charge in [0.05, 0.1) is 15.8 Å². The number of fused-ring (bicyclic) bond motifs is 1. The summed E-state index contributed by atoms with van der Waals surface area (Å²) in [6.45, 7) is -3.36. The zero-order valence-corrected chi connectivity index (χ0v) is 14.2. The highest BCUT2D eigenvalue weighted by molar-refractivity contribution is 7.86. The fourth-order valence-corrected chi connectivity index (χ4v) is 1.78. The van der Waals surface area contributed by atoms with Crippen molar-refractivity contribution in [2.45, 2.75) is 18.3 Å². The van der Waals surface area contributed by atoms with Gasteiger partial charge in [-0.1, -0.05) is 0 Å². The first kappa shape index (κ1) is 24.2. The van der Waals surface area contributed by atoms with Crippen molar-refractivity contribution in [2.75, 3.05) is 0 Å². The number of nitro groups is 1. The first-order valence-electron chi connectivity index (χ1n) is 6.48.